The minimum atomic E-state index is -0.353. The molecule has 0 aromatic heterocycles. The number of carbonyl (C=O) groups is 2. The molecule has 28 heavy (non-hydrogen) atoms. The molecule has 1 saturated heterocycles. The van der Waals surface area contributed by atoms with Gasteiger partial charge in [-0.05, 0) is 12.0 Å². The van der Waals surface area contributed by atoms with Gasteiger partial charge in [0.05, 0.1) is 26.7 Å². The van der Waals surface area contributed by atoms with E-state index < -0.39 is 0 Å². The van der Waals surface area contributed by atoms with E-state index in [1.165, 1.54) is 0 Å². The number of methoxy groups -OCH3 is 3. The number of amides is 2. The van der Waals surface area contributed by atoms with E-state index in [2.05, 4.69) is 5.32 Å². The number of hydrogen-bond acceptors (Lipinski definition) is 5. The van der Waals surface area contributed by atoms with Gasteiger partial charge in [-0.1, -0.05) is 26.0 Å². The fourth-order valence-corrected chi connectivity index (χ4v) is 3.68. The molecule has 0 unspecified atom stereocenters. The van der Waals surface area contributed by atoms with Gasteiger partial charge in [-0.3, -0.25) is 9.59 Å². The van der Waals surface area contributed by atoms with Gasteiger partial charge in [0.25, 0.3) is 0 Å². The molecule has 0 bridgehead atoms. The Labute approximate surface area is 167 Å². The van der Waals surface area contributed by atoms with Crippen LogP contribution in [0.15, 0.2) is 18.2 Å². The number of benzene rings is 1. The van der Waals surface area contributed by atoms with E-state index in [1.54, 1.807) is 26.2 Å². The molecule has 0 spiro atoms. The Kier molecular flexibility index (Phi) is 8.11. The third-order valence-corrected chi connectivity index (χ3v) is 5.03. The summed E-state index contributed by atoms with van der Waals surface area (Å²) in [6.45, 7) is 5.80. The topological polar surface area (TPSA) is 77.1 Å². The summed E-state index contributed by atoms with van der Waals surface area (Å²) in [6.07, 6.45) is 0.472. The lowest BCUT2D eigenvalue weighted by Crippen LogP contribution is -2.37. The zero-order valence-corrected chi connectivity index (χ0v) is 17.5. The Morgan fingerprint density at radius 2 is 1.93 bits per heavy atom. The van der Waals surface area contributed by atoms with Gasteiger partial charge in [-0.25, -0.2) is 0 Å². The van der Waals surface area contributed by atoms with E-state index in [1.807, 2.05) is 32.0 Å². The first-order chi connectivity index (χ1) is 13.4. The molecule has 7 nitrogen and oxygen atoms in total. The van der Waals surface area contributed by atoms with Crippen molar-refractivity contribution in [1.29, 1.82) is 0 Å². The van der Waals surface area contributed by atoms with E-state index in [4.69, 9.17) is 14.2 Å². The van der Waals surface area contributed by atoms with Crippen LogP contribution in [-0.4, -0.2) is 64.3 Å². The molecule has 2 atom stereocenters. The lowest BCUT2D eigenvalue weighted by atomic mass is 9.87. The predicted molar refractivity (Wildman–Crippen MR) is 107 cm³/mol. The van der Waals surface area contributed by atoms with Crippen LogP contribution in [0, 0.1) is 11.8 Å². The zero-order valence-electron chi connectivity index (χ0n) is 17.5. The molecule has 0 saturated carbocycles. The van der Waals surface area contributed by atoms with Crippen LogP contribution in [0.1, 0.15) is 31.7 Å². The highest BCUT2D eigenvalue weighted by Gasteiger charge is 2.41. The zero-order chi connectivity index (χ0) is 20.7. The SMILES string of the molecule is COCCNC(=O)[C@H]1CN(C(=O)CC(C)C)C[C@@H]1c1cccc(OC)c1OC. The normalized spacial score (nSPS) is 19.0. The first kappa shape index (κ1) is 22.0. The highest BCUT2D eigenvalue weighted by molar-refractivity contribution is 5.83. The van der Waals surface area contributed by atoms with Gasteiger partial charge in [0.15, 0.2) is 11.5 Å². The molecule has 1 aliphatic heterocycles. The standard InChI is InChI=1S/C21H32N2O5/c1-14(2)11-19(24)23-12-16(17(13-23)21(25)22-9-10-26-3)15-7-6-8-18(27-4)20(15)28-5/h6-8,14,16-17H,9-13H2,1-5H3,(H,22,25)/t16-,17+/m1/s1. The van der Waals surface area contributed by atoms with Gasteiger partial charge >= 0.3 is 0 Å². The van der Waals surface area contributed by atoms with E-state index in [0.29, 0.717) is 44.2 Å². The fraction of sp³-hybridized carbons (Fsp3) is 0.619. The molecule has 1 aliphatic rings. The number of nitrogens with zero attached hydrogens (tertiary/aromatic N) is 1. The Hall–Kier alpha value is -2.28. The molecule has 0 radical (unpaired) electrons. The van der Waals surface area contributed by atoms with Crippen LogP contribution in [0.4, 0.5) is 0 Å². The van der Waals surface area contributed by atoms with Crippen molar-refractivity contribution in [2.24, 2.45) is 11.8 Å². The van der Waals surface area contributed by atoms with Crippen molar-refractivity contribution in [2.45, 2.75) is 26.2 Å². The van der Waals surface area contributed by atoms with Gasteiger partial charge in [-0.15, -0.1) is 0 Å². The predicted octanol–water partition coefficient (Wildman–Crippen LogP) is 2.05. The minimum Gasteiger partial charge on any atom is -0.493 e. The van der Waals surface area contributed by atoms with Crippen LogP contribution in [0.3, 0.4) is 0 Å². The van der Waals surface area contributed by atoms with Crippen LogP contribution in [0.25, 0.3) is 0 Å². The van der Waals surface area contributed by atoms with Gasteiger partial charge in [0, 0.05) is 44.6 Å². The van der Waals surface area contributed by atoms with Crippen molar-refractivity contribution < 1.29 is 23.8 Å². The molecule has 1 aromatic carbocycles. The number of carbonyl (C=O) groups excluding carboxylic acids is 2. The molecule has 1 fully saturated rings. The fourth-order valence-electron chi connectivity index (χ4n) is 3.68. The molecule has 1 N–H and O–H groups in total. The second-order valence-electron chi connectivity index (χ2n) is 7.48. The van der Waals surface area contributed by atoms with E-state index in [-0.39, 0.29) is 29.6 Å². The van der Waals surface area contributed by atoms with E-state index in [0.717, 1.165) is 5.56 Å². The Morgan fingerprint density at radius 3 is 2.54 bits per heavy atom. The van der Waals surface area contributed by atoms with Crippen molar-refractivity contribution >= 4 is 11.8 Å². The van der Waals surface area contributed by atoms with Crippen molar-refractivity contribution in [1.82, 2.24) is 10.2 Å². The maximum Gasteiger partial charge on any atom is 0.225 e. The lowest BCUT2D eigenvalue weighted by molar-refractivity contribution is -0.131. The molecule has 2 rings (SSSR count). The smallest absolute Gasteiger partial charge is 0.225 e. The van der Waals surface area contributed by atoms with Gasteiger partial charge in [0.2, 0.25) is 11.8 Å². The van der Waals surface area contributed by atoms with Gasteiger partial charge in [0.1, 0.15) is 0 Å². The Morgan fingerprint density at radius 1 is 1.18 bits per heavy atom. The Balaban J connectivity index is 2.31. The summed E-state index contributed by atoms with van der Waals surface area (Å²) >= 11 is 0. The van der Waals surface area contributed by atoms with Gasteiger partial charge < -0.3 is 24.4 Å². The van der Waals surface area contributed by atoms with Crippen LogP contribution in [0.5, 0.6) is 11.5 Å². The largest absolute Gasteiger partial charge is 0.493 e. The second-order valence-corrected chi connectivity index (χ2v) is 7.48. The van der Waals surface area contributed by atoms with Crippen molar-refractivity contribution in [2.75, 3.05) is 47.6 Å². The average molecular weight is 392 g/mol. The average Bonchev–Trinajstić information content (AvgIpc) is 3.12. The number of nitrogens with one attached hydrogen (secondary N) is 1. The molecule has 2 amide bonds. The second kappa shape index (κ2) is 10.3. The summed E-state index contributed by atoms with van der Waals surface area (Å²) in [5.74, 6) is 0.985. The number of ether oxygens (including phenoxy) is 3. The van der Waals surface area contributed by atoms with Crippen molar-refractivity contribution in [3.05, 3.63) is 23.8 Å². The summed E-state index contributed by atoms with van der Waals surface area (Å²) in [4.78, 5) is 27.3. The van der Waals surface area contributed by atoms with Crippen LogP contribution in [-0.2, 0) is 14.3 Å². The monoisotopic (exact) mass is 392 g/mol. The minimum absolute atomic E-state index is 0.0771. The quantitative estimate of drug-likeness (QED) is 0.651. The van der Waals surface area contributed by atoms with Crippen LogP contribution >= 0.6 is 0 Å². The molecular formula is C21H32N2O5. The molecule has 0 aliphatic carbocycles. The summed E-state index contributed by atoms with van der Waals surface area (Å²) in [7, 11) is 4.77. The van der Waals surface area contributed by atoms with E-state index in [9.17, 15) is 9.59 Å². The summed E-state index contributed by atoms with van der Waals surface area (Å²) in [5.41, 5.74) is 0.883. The molecule has 156 valence electrons. The first-order valence-corrected chi connectivity index (χ1v) is 9.68. The molecule has 7 heteroatoms. The molecular weight excluding hydrogens is 360 g/mol. The Bertz CT molecular complexity index is 677. The lowest BCUT2D eigenvalue weighted by Gasteiger charge is -2.21. The number of para-hydroxylation sites is 1. The van der Waals surface area contributed by atoms with Crippen LogP contribution < -0.4 is 14.8 Å². The highest BCUT2D eigenvalue weighted by atomic mass is 16.5. The number of likely N-dealkylation sites (tertiary alicyclic amines) is 1. The number of rotatable bonds is 9. The first-order valence-electron chi connectivity index (χ1n) is 9.68. The highest BCUT2D eigenvalue weighted by Crippen LogP contribution is 2.42. The maximum atomic E-state index is 12.9. The van der Waals surface area contributed by atoms with E-state index >= 15 is 0 Å². The summed E-state index contributed by atoms with van der Waals surface area (Å²) < 4.78 is 16.0. The van der Waals surface area contributed by atoms with Crippen molar-refractivity contribution in [3.8, 4) is 11.5 Å². The van der Waals surface area contributed by atoms with Gasteiger partial charge in [-0.2, -0.15) is 0 Å². The van der Waals surface area contributed by atoms with Crippen LogP contribution in [0.2, 0.25) is 0 Å². The summed E-state index contributed by atoms with van der Waals surface area (Å²) in [5, 5.41) is 2.92. The number of hydrogen-bond donors (Lipinski definition) is 1. The third kappa shape index (κ3) is 5.16. The van der Waals surface area contributed by atoms with Crippen molar-refractivity contribution in [3.63, 3.8) is 0 Å². The third-order valence-electron chi connectivity index (χ3n) is 5.03. The summed E-state index contributed by atoms with van der Waals surface area (Å²) in [6, 6.07) is 5.65. The molecule has 1 heterocycles. The maximum absolute atomic E-state index is 12.9. The molecule has 1 aromatic rings.